The number of benzene rings is 2. The van der Waals surface area contributed by atoms with E-state index in [0.717, 1.165) is 11.1 Å². The number of fused-ring (bicyclic) bond motifs is 1. The molecule has 0 N–H and O–H groups in total. The van der Waals surface area contributed by atoms with E-state index in [9.17, 15) is 4.79 Å². The number of rotatable bonds is 5. The summed E-state index contributed by atoms with van der Waals surface area (Å²) in [5.41, 5.74) is 1.97. The Hall–Kier alpha value is -2.21. The molecule has 2 aliphatic heterocycles. The topological polar surface area (TPSA) is 54.0 Å². The summed E-state index contributed by atoms with van der Waals surface area (Å²) in [5, 5.41) is 0. The molecule has 0 saturated carbocycles. The number of cyclic esters (lactones) is 1. The van der Waals surface area contributed by atoms with Gasteiger partial charge in [-0.1, -0.05) is 60.7 Å². The van der Waals surface area contributed by atoms with Crippen LogP contribution in [0.5, 0.6) is 0 Å². The molecule has 2 aromatic carbocycles. The van der Waals surface area contributed by atoms with Crippen LogP contribution in [0.25, 0.3) is 0 Å². The first-order valence-electron chi connectivity index (χ1n) is 7.99. The standard InChI is InChI=1S/C19H18O5/c20-18-17-16(23-19(24-17)14-9-5-2-6-10-14)15(22-18)12-21-11-13-7-3-1-4-8-13/h1-10,15-17,19H,11-12H2/t15-,16-,17-,19?/m1/s1. The summed E-state index contributed by atoms with van der Waals surface area (Å²) in [5.74, 6) is -0.383. The van der Waals surface area contributed by atoms with Crippen LogP contribution in [-0.2, 0) is 30.3 Å². The fraction of sp³-hybridized carbons (Fsp3) is 0.316. The molecule has 0 radical (unpaired) electrons. The molecule has 24 heavy (non-hydrogen) atoms. The maximum Gasteiger partial charge on any atom is 0.338 e. The van der Waals surface area contributed by atoms with Crippen LogP contribution >= 0.6 is 0 Å². The van der Waals surface area contributed by atoms with E-state index in [1.54, 1.807) is 0 Å². The Morgan fingerprint density at radius 1 is 0.917 bits per heavy atom. The van der Waals surface area contributed by atoms with Gasteiger partial charge in [-0.15, -0.1) is 0 Å². The Kier molecular flexibility index (Phi) is 4.30. The minimum Gasteiger partial charge on any atom is -0.455 e. The van der Waals surface area contributed by atoms with E-state index in [0.29, 0.717) is 6.61 Å². The van der Waals surface area contributed by atoms with E-state index in [1.807, 2.05) is 60.7 Å². The number of carbonyl (C=O) groups excluding carboxylic acids is 1. The Balaban J connectivity index is 1.36. The summed E-state index contributed by atoms with van der Waals surface area (Å²) in [6, 6.07) is 19.4. The van der Waals surface area contributed by atoms with E-state index in [2.05, 4.69) is 0 Å². The maximum absolute atomic E-state index is 12.0. The van der Waals surface area contributed by atoms with E-state index in [4.69, 9.17) is 18.9 Å². The minimum atomic E-state index is -0.680. The second kappa shape index (κ2) is 6.73. The zero-order valence-electron chi connectivity index (χ0n) is 13.0. The van der Waals surface area contributed by atoms with E-state index >= 15 is 0 Å². The van der Waals surface area contributed by atoms with Crippen molar-refractivity contribution in [3.63, 3.8) is 0 Å². The fourth-order valence-corrected chi connectivity index (χ4v) is 2.98. The lowest BCUT2D eigenvalue weighted by atomic mass is 10.1. The second-order valence-corrected chi connectivity index (χ2v) is 5.88. The van der Waals surface area contributed by atoms with Crippen LogP contribution in [0.15, 0.2) is 60.7 Å². The molecule has 124 valence electrons. The monoisotopic (exact) mass is 326 g/mol. The smallest absolute Gasteiger partial charge is 0.338 e. The molecule has 0 aromatic heterocycles. The van der Waals surface area contributed by atoms with Crippen LogP contribution in [0.1, 0.15) is 17.4 Å². The van der Waals surface area contributed by atoms with Crippen molar-refractivity contribution in [2.45, 2.75) is 31.2 Å². The highest BCUT2D eigenvalue weighted by Gasteiger charge is 2.53. The summed E-state index contributed by atoms with van der Waals surface area (Å²) in [4.78, 5) is 12.0. The van der Waals surface area contributed by atoms with Gasteiger partial charge in [-0.25, -0.2) is 4.79 Å². The Morgan fingerprint density at radius 2 is 1.62 bits per heavy atom. The van der Waals surface area contributed by atoms with Crippen LogP contribution in [0.4, 0.5) is 0 Å². The zero-order valence-corrected chi connectivity index (χ0v) is 13.0. The van der Waals surface area contributed by atoms with Gasteiger partial charge in [-0.05, 0) is 5.56 Å². The quantitative estimate of drug-likeness (QED) is 0.791. The molecule has 2 heterocycles. The highest BCUT2D eigenvalue weighted by Crippen LogP contribution is 2.37. The van der Waals surface area contributed by atoms with E-state index < -0.39 is 24.6 Å². The van der Waals surface area contributed by atoms with Gasteiger partial charge in [0.15, 0.2) is 18.5 Å². The first-order valence-corrected chi connectivity index (χ1v) is 7.99. The lowest BCUT2D eigenvalue weighted by molar-refractivity contribution is -0.166. The molecule has 2 saturated heterocycles. The average Bonchev–Trinajstić information content (AvgIpc) is 3.18. The van der Waals surface area contributed by atoms with E-state index in [-0.39, 0.29) is 12.6 Å². The van der Waals surface area contributed by atoms with Gasteiger partial charge in [0.05, 0.1) is 13.2 Å². The molecule has 5 heteroatoms. The van der Waals surface area contributed by atoms with Gasteiger partial charge < -0.3 is 18.9 Å². The third-order valence-electron chi connectivity index (χ3n) is 4.18. The van der Waals surface area contributed by atoms with Crippen molar-refractivity contribution >= 4 is 5.97 Å². The minimum absolute atomic E-state index is 0.284. The maximum atomic E-state index is 12.0. The van der Waals surface area contributed by atoms with Gasteiger partial charge in [0.25, 0.3) is 0 Å². The van der Waals surface area contributed by atoms with Crippen LogP contribution in [0, 0.1) is 0 Å². The first kappa shape index (κ1) is 15.3. The molecule has 0 amide bonds. The van der Waals surface area contributed by atoms with Crippen molar-refractivity contribution in [1.82, 2.24) is 0 Å². The molecule has 2 aliphatic rings. The van der Waals surface area contributed by atoms with Crippen molar-refractivity contribution in [3.8, 4) is 0 Å². The second-order valence-electron chi connectivity index (χ2n) is 5.88. The summed E-state index contributed by atoms with van der Waals surface area (Å²) in [6.07, 6.45) is -2.09. The molecule has 2 fully saturated rings. The Labute approximate surface area is 140 Å². The first-order chi connectivity index (χ1) is 11.8. The van der Waals surface area contributed by atoms with Gasteiger partial charge in [-0.3, -0.25) is 0 Å². The molecule has 1 unspecified atom stereocenters. The SMILES string of the molecule is O=C1O[C@H](COCc2ccccc2)[C@H]2OC(c3ccccc3)O[C@@H]12. The molecule has 2 aromatic rings. The van der Waals surface area contributed by atoms with Crippen molar-refractivity contribution < 1.29 is 23.7 Å². The summed E-state index contributed by atoms with van der Waals surface area (Å²) < 4.78 is 22.7. The van der Waals surface area contributed by atoms with Crippen LogP contribution < -0.4 is 0 Å². The van der Waals surface area contributed by atoms with Gasteiger partial charge >= 0.3 is 5.97 Å². The molecule has 4 atom stereocenters. The fourth-order valence-electron chi connectivity index (χ4n) is 2.98. The molecule has 5 nitrogen and oxygen atoms in total. The lowest BCUT2D eigenvalue weighted by Crippen LogP contribution is -2.31. The molecule has 0 aliphatic carbocycles. The predicted octanol–water partition coefficient (Wildman–Crippen LogP) is 2.61. The molecule has 0 bridgehead atoms. The number of carbonyl (C=O) groups is 1. The van der Waals surface area contributed by atoms with Crippen molar-refractivity contribution in [2.24, 2.45) is 0 Å². The van der Waals surface area contributed by atoms with Crippen LogP contribution in [-0.4, -0.2) is 30.9 Å². The molecule has 4 rings (SSSR count). The van der Waals surface area contributed by atoms with Crippen LogP contribution in [0.3, 0.4) is 0 Å². The predicted molar refractivity (Wildman–Crippen MR) is 84.9 cm³/mol. The summed E-state index contributed by atoms with van der Waals surface area (Å²) >= 11 is 0. The Morgan fingerprint density at radius 3 is 2.38 bits per heavy atom. The van der Waals surface area contributed by atoms with Crippen LogP contribution in [0.2, 0.25) is 0 Å². The highest BCUT2D eigenvalue weighted by atomic mass is 16.8. The highest BCUT2D eigenvalue weighted by molar-refractivity contribution is 5.78. The van der Waals surface area contributed by atoms with Gasteiger partial charge in [-0.2, -0.15) is 0 Å². The van der Waals surface area contributed by atoms with Crippen molar-refractivity contribution in [1.29, 1.82) is 0 Å². The normalized spacial score (nSPS) is 28.6. The molecule has 0 spiro atoms. The van der Waals surface area contributed by atoms with Crippen molar-refractivity contribution in [3.05, 3.63) is 71.8 Å². The van der Waals surface area contributed by atoms with Gasteiger partial charge in [0, 0.05) is 5.56 Å². The summed E-state index contributed by atoms with van der Waals surface area (Å²) in [6.45, 7) is 0.752. The Bertz CT molecular complexity index is 687. The number of hydrogen-bond acceptors (Lipinski definition) is 5. The van der Waals surface area contributed by atoms with Gasteiger partial charge in [0.1, 0.15) is 6.10 Å². The number of hydrogen-bond donors (Lipinski definition) is 0. The average molecular weight is 326 g/mol. The van der Waals surface area contributed by atoms with Crippen molar-refractivity contribution in [2.75, 3.05) is 6.61 Å². The number of esters is 1. The van der Waals surface area contributed by atoms with Gasteiger partial charge in [0.2, 0.25) is 0 Å². The lowest BCUT2D eigenvalue weighted by Gasteiger charge is -2.17. The largest absolute Gasteiger partial charge is 0.455 e. The zero-order chi connectivity index (χ0) is 16.4. The molecular formula is C19H18O5. The van der Waals surface area contributed by atoms with E-state index in [1.165, 1.54) is 0 Å². The molecular weight excluding hydrogens is 308 g/mol. The summed E-state index contributed by atoms with van der Waals surface area (Å²) in [7, 11) is 0. The number of ether oxygens (including phenoxy) is 4. The third kappa shape index (κ3) is 3.06. The third-order valence-corrected chi connectivity index (χ3v) is 4.18.